The normalized spacial score (nSPS) is 30.1. The zero-order chi connectivity index (χ0) is 10.6. The molecule has 0 bridgehead atoms. The van der Waals surface area contributed by atoms with Crippen molar-refractivity contribution < 1.29 is 19.0 Å². The second-order valence-electron chi connectivity index (χ2n) is 3.51. The molecule has 1 saturated heterocycles. The first-order chi connectivity index (χ1) is 6.62. The van der Waals surface area contributed by atoms with Gasteiger partial charge in [0.05, 0.1) is 27.1 Å². The Balaban J connectivity index is 2.71. The Morgan fingerprint density at radius 2 is 2.29 bits per heavy atom. The van der Waals surface area contributed by atoms with Crippen LogP contribution in [0.3, 0.4) is 0 Å². The van der Waals surface area contributed by atoms with Crippen LogP contribution in [0.2, 0.25) is 0 Å². The lowest BCUT2D eigenvalue weighted by Gasteiger charge is -2.32. The van der Waals surface area contributed by atoms with E-state index in [2.05, 4.69) is 4.74 Å². The number of rotatable bonds is 2. The second-order valence-corrected chi connectivity index (χ2v) is 3.51. The predicted octanol–water partition coefficient (Wildman–Crippen LogP) is 1.26. The number of ether oxygens (including phenoxy) is 3. The number of carbonyl (C=O) groups is 1. The smallest absolute Gasteiger partial charge is 0.338 e. The van der Waals surface area contributed by atoms with Gasteiger partial charge in [-0.15, -0.1) is 0 Å². The van der Waals surface area contributed by atoms with Crippen molar-refractivity contribution in [3.63, 3.8) is 0 Å². The highest BCUT2D eigenvalue weighted by Crippen LogP contribution is 2.29. The van der Waals surface area contributed by atoms with Crippen LogP contribution in [-0.2, 0) is 19.0 Å². The third-order valence-electron chi connectivity index (χ3n) is 2.31. The Hall–Kier alpha value is -1.03. The lowest BCUT2D eigenvalue weighted by molar-refractivity contribution is -0.169. The molecule has 0 N–H and O–H groups in total. The molecule has 0 aromatic rings. The van der Waals surface area contributed by atoms with E-state index in [4.69, 9.17) is 9.47 Å². The first kappa shape index (κ1) is 11.0. The predicted molar refractivity (Wildman–Crippen MR) is 50.7 cm³/mol. The van der Waals surface area contributed by atoms with Gasteiger partial charge < -0.3 is 14.2 Å². The molecule has 1 aliphatic heterocycles. The Morgan fingerprint density at radius 3 is 2.86 bits per heavy atom. The van der Waals surface area contributed by atoms with Crippen LogP contribution < -0.4 is 0 Å². The Kier molecular flexibility index (Phi) is 3.52. The maximum absolute atomic E-state index is 11.4. The zero-order valence-corrected chi connectivity index (χ0v) is 8.83. The van der Waals surface area contributed by atoms with Gasteiger partial charge in [-0.1, -0.05) is 0 Å². The molecule has 4 heteroatoms. The lowest BCUT2D eigenvalue weighted by atomic mass is 9.92. The maximum Gasteiger partial charge on any atom is 0.338 e. The van der Waals surface area contributed by atoms with E-state index in [1.165, 1.54) is 7.11 Å². The van der Waals surface area contributed by atoms with Gasteiger partial charge in [-0.25, -0.2) is 4.79 Å². The number of hydrogen-bond donors (Lipinski definition) is 0. The zero-order valence-electron chi connectivity index (χ0n) is 8.83. The van der Waals surface area contributed by atoms with E-state index in [9.17, 15) is 4.79 Å². The van der Waals surface area contributed by atoms with Crippen LogP contribution in [-0.4, -0.2) is 32.4 Å². The van der Waals surface area contributed by atoms with Gasteiger partial charge in [-0.3, -0.25) is 0 Å². The fourth-order valence-electron chi connectivity index (χ4n) is 1.59. The second kappa shape index (κ2) is 4.46. The molecule has 1 heterocycles. The molecule has 1 rings (SSSR count). The van der Waals surface area contributed by atoms with Crippen LogP contribution in [0, 0.1) is 0 Å². The Bertz CT molecular complexity index is 247. The van der Waals surface area contributed by atoms with E-state index < -0.39 is 5.60 Å². The van der Waals surface area contributed by atoms with Crippen LogP contribution in [0.4, 0.5) is 0 Å². The SMILES string of the molecule is COC=C1CCOC(C)(C(=O)OC)C1. The summed E-state index contributed by atoms with van der Waals surface area (Å²) in [5.74, 6) is -0.334. The van der Waals surface area contributed by atoms with Gasteiger partial charge >= 0.3 is 5.97 Å². The summed E-state index contributed by atoms with van der Waals surface area (Å²) < 4.78 is 15.0. The van der Waals surface area contributed by atoms with Crippen LogP contribution in [0.25, 0.3) is 0 Å². The molecule has 0 aliphatic carbocycles. The summed E-state index contributed by atoms with van der Waals surface area (Å²) in [6.07, 6.45) is 3.01. The number of carbonyl (C=O) groups excluding carboxylic acids is 1. The molecule has 0 aromatic heterocycles. The molecule has 0 spiro atoms. The number of esters is 1. The summed E-state index contributed by atoms with van der Waals surface area (Å²) in [4.78, 5) is 11.4. The standard InChI is InChI=1S/C10H16O4/c1-10(9(11)13-3)6-8(7-12-2)4-5-14-10/h7H,4-6H2,1-3H3. The van der Waals surface area contributed by atoms with Crippen molar-refractivity contribution in [2.24, 2.45) is 0 Å². The van der Waals surface area contributed by atoms with Crippen molar-refractivity contribution >= 4 is 5.97 Å². The fourth-order valence-corrected chi connectivity index (χ4v) is 1.59. The van der Waals surface area contributed by atoms with Crippen molar-refractivity contribution in [2.45, 2.75) is 25.4 Å². The van der Waals surface area contributed by atoms with E-state index in [0.717, 1.165) is 12.0 Å². The molecule has 0 saturated carbocycles. The van der Waals surface area contributed by atoms with E-state index in [1.54, 1.807) is 20.3 Å². The molecule has 1 atom stereocenters. The first-order valence-electron chi connectivity index (χ1n) is 4.55. The third-order valence-corrected chi connectivity index (χ3v) is 2.31. The fraction of sp³-hybridized carbons (Fsp3) is 0.700. The van der Waals surface area contributed by atoms with Gasteiger partial charge in [-0.2, -0.15) is 0 Å². The van der Waals surface area contributed by atoms with Crippen LogP contribution in [0.5, 0.6) is 0 Å². The highest BCUT2D eigenvalue weighted by atomic mass is 16.6. The minimum atomic E-state index is -0.850. The average molecular weight is 200 g/mol. The van der Waals surface area contributed by atoms with Crippen molar-refractivity contribution in [1.29, 1.82) is 0 Å². The minimum absolute atomic E-state index is 0.334. The summed E-state index contributed by atoms with van der Waals surface area (Å²) in [6, 6.07) is 0. The van der Waals surface area contributed by atoms with E-state index in [1.807, 2.05) is 0 Å². The van der Waals surface area contributed by atoms with Crippen LogP contribution in [0.15, 0.2) is 11.8 Å². The molecule has 1 fully saturated rings. The van der Waals surface area contributed by atoms with Crippen molar-refractivity contribution in [1.82, 2.24) is 0 Å². The van der Waals surface area contributed by atoms with Crippen LogP contribution in [0.1, 0.15) is 19.8 Å². The maximum atomic E-state index is 11.4. The number of hydrogen-bond acceptors (Lipinski definition) is 4. The van der Waals surface area contributed by atoms with Crippen LogP contribution >= 0.6 is 0 Å². The molecule has 14 heavy (non-hydrogen) atoms. The summed E-state index contributed by atoms with van der Waals surface area (Å²) in [6.45, 7) is 2.27. The summed E-state index contributed by atoms with van der Waals surface area (Å²) in [7, 11) is 2.96. The average Bonchev–Trinajstić information content (AvgIpc) is 2.17. The van der Waals surface area contributed by atoms with Crippen molar-refractivity contribution in [3.8, 4) is 0 Å². The highest BCUT2D eigenvalue weighted by molar-refractivity contribution is 5.79. The molecule has 0 amide bonds. The van der Waals surface area contributed by atoms with Gasteiger partial charge in [-0.05, 0) is 18.9 Å². The monoisotopic (exact) mass is 200 g/mol. The lowest BCUT2D eigenvalue weighted by Crippen LogP contribution is -2.42. The molecule has 0 aromatic carbocycles. The third kappa shape index (κ3) is 2.26. The molecule has 1 unspecified atom stereocenters. The summed E-state index contributed by atoms with van der Waals surface area (Å²) >= 11 is 0. The van der Waals surface area contributed by atoms with Gasteiger partial charge in [0.1, 0.15) is 0 Å². The summed E-state index contributed by atoms with van der Waals surface area (Å²) in [5.41, 5.74) is 0.226. The molecule has 80 valence electrons. The first-order valence-corrected chi connectivity index (χ1v) is 4.55. The van der Waals surface area contributed by atoms with E-state index in [0.29, 0.717) is 13.0 Å². The van der Waals surface area contributed by atoms with E-state index in [-0.39, 0.29) is 5.97 Å². The Morgan fingerprint density at radius 1 is 1.57 bits per heavy atom. The summed E-state index contributed by atoms with van der Waals surface area (Å²) in [5, 5.41) is 0. The molecular formula is C10H16O4. The Labute approximate surface area is 83.8 Å². The van der Waals surface area contributed by atoms with Gasteiger partial charge in [0.15, 0.2) is 5.60 Å². The largest absolute Gasteiger partial charge is 0.504 e. The highest BCUT2D eigenvalue weighted by Gasteiger charge is 2.39. The molecule has 1 aliphatic rings. The molecule has 0 radical (unpaired) electrons. The topological polar surface area (TPSA) is 44.8 Å². The van der Waals surface area contributed by atoms with E-state index >= 15 is 0 Å². The minimum Gasteiger partial charge on any atom is -0.504 e. The van der Waals surface area contributed by atoms with Gasteiger partial charge in [0.25, 0.3) is 0 Å². The number of methoxy groups -OCH3 is 2. The van der Waals surface area contributed by atoms with Gasteiger partial charge in [0.2, 0.25) is 0 Å². The van der Waals surface area contributed by atoms with Crippen molar-refractivity contribution in [2.75, 3.05) is 20.8 Å². The molecular weight excluding hydrogens is 184 g/mol. The van der Waals surface area contributed by atoms with Crippen molar-refractivity contribution in [3.05, 3.63) is 11.8 Å². The quantitative estimate of drug-likeness (QED) is 0.497. The van der Waals surface area contributed by atoms with Gasteiger partial charge in [0, 0.05) is 6.42 Å². The molecule has 4 nitrogen and oxygen atoms in total.